The average molecular weight is 378 g/mol. The lowest BCUT2D eigenvalue weighted by Crippen LogP contribution is -2.36. The van der Waals surface area contributed by atoms with Crippen LogP contribution >= 0.6 is 0 Å². The first-order valence-electron chi connectivity index (χ1n) is 9.20. The van der Waals surface area contributed by atoms with Gasteiger partial charge in [-0.15, -0.1) is 0 Å². The third-order valence-electron chi connectivity index (χ3n) is 5.15. The third-order valence-corrected chi connectivity index (χ3v) is 5.15. The van der Waals surface area contributed by atoms with Crippen molar-refractivity contribution in [2.45, 2.75) is 33.7 Å². The molecule has 2 aromatic heterocycles. The summed E-state index contributed by atoms with van der Waals surface area (Å²) in [7, 11) is 1.61. The number of hydrogen-bond donors (Lipinski definition) is 0. The maximum absolute atomic E-state index is 13.0. The average Bonchev–Trinajstić information content (AvgIpc) is 3.13. The number of benzene rings is 1. The van der Waals surface area contributed by atoms with E-state index in [0.717, 1.165) is 40.1 Å². The van der Waals surface area contributed by atoms with E-state index in [1.807, 2.05) is 37.1 Å². The van der Waals surface area contributed by atoms with Crippen LogP contribution in [0.1, 0.15) is 38.6 Å². The maximum atomic E-state index is 13.0. The second-order valence-electron chi connectivity index (χ2n) is 7.02. The summed E-state index contributed by atoms with van der Waals surface area (Å²) in [5, 5.41) is 4.06. The highest BCUT2D eigenvalue weighted by Gasteiger charge is 2.27. The molecule has 7 nitrogen and oxygen atoms in total. The van der Waals surface area contributed by atoms with E-state index in [1.165, 1.54) is 0 Å². The highest BCUT2D eigenvalue weighted by molar-refractivity contribution is 5.95. The van der Waals surface area contributed by atoms with E-state index in [2.05, 4.69) is 15.1 Å². The molecule has 1 amide bonds. The van der Waals surface area contributed by atoms with Crippen molar-refractivity contribution < 1.29 is 14.1 Å². The van der Waals surface area contributed by atoms with Gasteiger partial charge in [-0.2, -0.15) is 4.98 Å². The van der Waals surface area contributed by atoms with Gasteiger partial charge in [0.05, 0.1) is 7.11 Å². The van der Waals surface area contributed by atoms with Crippen LogP contribution in [-0.4, -0.2) is 39.6 Å². The van der Waals surface area contributed by atoms with Crippen LogP contribution in [0.5, 0.6) is 5.75 Å². The Morgan fingerprint density at radius 2 is 2.07 bits per heavy atom. The molecule has 0 spiro atoms. The van der Waals surface area contributed by atoms with Crippen molar-refractivity contribution >= 4 is 5.91 Å². The van der Waals surface area contributed by atoms with E-state index in [-0.39, 0.29) is 5.91 Å². The fraction of sp³-hybridized carbons (Fsp3) is 0.333. The van der Waals surface area contributed by atoms with Crippen LogP contribution in [0.15, 0.2) is 28.9 Å². The Morgan fingerprint density at radius 1 is 1.25 bits per heavy atom. The van der Waals surface area contributed by atoms with Crippen LogP contribution in [0.4, 0.5) is 0 Å². The van der Waals surface area contributed by atoms with Gasteiger partial charge in [-0.3, -0.25) is 9.78 Å². The van der Waals surface area contributed by atoms with Crippen LogP contribution in [0.3, 0.4) is 0 Å². The number of aryl methyl sites for hydroxylation is 3. The molecular formula is C21H22N4O3. The molecule has 4 rings (SSSR count). The van der Waals surface area contributed by atoms with Gasteiger partial charge < -0.3 is 14.2 Å². The minimum Gasteiger partial charge on any atom is -0.496 e. The highest BCUT2D eigenvalue weighted by atomic mass is 16.5. The Kier molecular flexibility index (Phi) is 4.58. The number of amides is 1. The van der Waals surface area contributed by atoms with Gasteiger partial charge in [-0.25, -0.2) is 0 Å². The maximum Gasteiger partial charge on any atom is 0.254 e. The van der Waals surface area contributed by atoms with Crippen molar-refractivity contribution in [3.63, 3.8) is 0 Å². The SMILES string of the molecule is COc1cc(C(=O)N2CCc3c(cnc(C)c3-c3noc(C)n3)C2)ccc1C. The van der Waals surface area contributed by atoms with E-state index in [0.29, 0.717) is 30.4 Å². The number of carbonyl (C=O) groups excluding carboxylic acids is 1. The number of aromatic nitrogens is 3. The zero-order chi connectivity index (χ0) is 19.8. The van der Waals surface area contributed by atoms with Gasteiger partial charge in [0.1, 0.15) is 5.75 Å². The number of hydrogen-bond acceptors (Lipinski definition) is 6. The zero-order valence-electron chi connectivity index (χ0n) is 16.4. The van der Waals surface area contributed by atoms with Gasteiger partial charge in [0.15, 0.2) is 0 Å². The monoisotopic (exact) mass is 378 g/mol. The Hall–Kier alpha value is -3.22. The van der Waals surface area contributed by atoms with E-state index >= 15 is 0 Å². The standard InChI is InChI=1S/C21H22N4O3/c1-12-5-6-15(9-18(12)27-4)21(26)25-8-7-17-16(11-25)10-22-13(2)19(17)20-23-14(3)28-24-20/h5-6,9-10H,7-8,11H2,1-4H3. The Bertz CT molecular complexity index is 1060. The van der Waals surface area contributed by atoms with Gasteiger partial charge in [-0.1, -0.05) is 11.2 Å². The van der Waals surface area contributed by atoms with Crippen LogP contribution in [0.2, 0.25) is 0 Å². The van der Waals surface area contributed by atoms with Crippen molar-refractivity contribution in [3.05, 3.63) is 58.2 Å². The number of methoxy groups -OCH3 is 1. The number of pyridine rings is 1. The normalized spacial score (nSPS) is 13.4. The summed E-state index contributed by atoms with van der Waals surface area (Å²) in [6.07, 6.45) is 2.56. The van der Waals surface area contributed by atoms with Gasteiger partial charge >= 0.3 is 0 Å². The van der Waals surface area contributed by atoms with Crippen LogP contribution < -0.4 is 4.74 Å². The lowest BCUT2D eigenvalue weighted by atomic mass is 9.94. The molecule has 144 valence electrons. The number of nitrogens with zero attached hydrogens (tertiary/aromatic N) is 4. The van der Waals surface area contributed by atoms with Gasteiger partial charge in [0.25, 0.3) is 5.91 Å². The molecule has 3 heterocycles. The van der Waals surface area contributed by atoms with E-state index < -0.39 is 0 Å². The number of rotatable bonds is 3. The molecule has 1 aliphatic rings. The van der Waals surface area contributed by atoms with E-state index in [1.54, 1.807) is 20.1 Å². The fourth-order valence-corrected chi connectivity index (χ4v) is 3.66. The quantitative estimate of drug-likeness (QED) is 0.696. The largest absolute Gasteiger partial charge is 0.496 e. The fourth-order valence-electron chi connectivity index (χ4n) is 3.66. The number of carbonyl (C=O) groups is 1. The molecule has 0 saturated carbocycles. The molecule has 0 radical (unpaired) electrons. The molecule has 0 saturated heterocycles. The minimum atomic E-state index is -0.0125. The first kappa shape index (κ1) is 18.2. The van der Waals surface area contributed by atoms with Crippen molar-refractivity contribution in [2.24, 2.45) is 0 Å². The number of fused-ring (bicyclic) bond motifs is 1. The lowest BCUT2D eigenvalue weighted by Gasteiger charge is -2.30. The van der Waals surface area contributed by atoms with E-state index in [9.17, 15) is 4.79 Å². The lowest BCUT2D eigenvalue weighted by molar-refractivity contribution is 0.0734. The van der Waals surface area contributed by atoms with E-state index in [4.69, 9.17) is 9.26 Å². The molecular weight excluding hydrogens is 356 g/mol. The molecule has 1 aromatic carbocycles. The molecule has 3 aromatic rings. The second kappa shape index (κ2) is 7.07. The summed E-state index contributed by atoms with van der Waals surface area (Å²) in [5.41, 5.74) is 5.56. The van der Waals surface area contributed by atoms with Crippen molar-refractivity contribution in [2.75, 3.05) is 13.7 Å². The Morgan fingerprint density at radius 3 is 2.79 bits per heavy atom. The Balaban J connectivity index is 1.65. The number of ether oxygens (including phenoxy) is 1. The van der Waals surface area contributed by atoms with Crippen LogP contribution in [-0.2, 0) is 13.0 Å². The van der Waals surface area contributed by atoms with Crippen LogP contribution in [0, 0.1) is 20.8 Å². The molecule has 0 unspecified atom stereocenters. The van der Waals surface area contributed by atoms with Gasteiger partial charge in [-0.05, 0) is 49.1 Å². The zero-order valence-corrected chi connectivity index (χ0v) is 16.4. The molecule has 7 heteroatoms. The van der Waals surface area contributed by atoms with Crippen LogP contribution in [0.25, 0.3) is 11.4 Å². The third kappa shape index (κ3) is 3.13. The molecule has 1 aliphatic heterocycles. The van der Waals surface area contributed by atoms with Gasteiger partial charge in [0, 0.05) is 43.0 Å². The first-order valence-corrected chi connectivity index (χ1v) is 9.20. The molecule has 0 atom stereocenters. The molecule has 0 bridgehead atoms. The molecule has 0 fully saturated rings. The molecule has 0 N–H and O–H groups in total. The predicted molar refractivity (Wildman–Crippen MR) is 103 cm³/mol. The Labute approximate surface area is 163 Å². The summed E-state index contributed by atoms with van der Waals surface area (Å²) < 4.78 is 10.5. The molecule has 28 heavy (non-hydrogen) atoms. The van der Waals surface area contributed by atoms with Gasteiger partial charge in [0.2, 0.25) is 11.7 Å². The summed E-state index contributed by atoms with van der Waals surface area (Å²) in [6, 6.07) is 5.55. The summed E-state index contributed by atoms with van der Waals surface area (Å²) >= 11 is 0. The second-order valence-corrected chi connectivity index (χ2v) is 7.02. The van der Waals surface area contributed by atoms with Crippen molar-refractivity contribution in [3.8, 4) is 17.1 Å². The summed E-state index contributed by atoms with van der Waals surface area (Å²) in [6.45, 7) is 6.79. The van der Waals surface area contributed by atoms with Crippen molar-refractivity contribution in [1.29, 1.82) is 0 Å². The first-order chi connectivity index (χ1) is 13.5. The minimum absolute atomic E-state index is 0.0125. The highest BCUT2D eigenvalue weighted by Crippen LogP contribution is 2.31. The molecule has 0 aliphatic carbocycles. The predicted octanol–water partition coefficient (Wildman–Crippen LogP) is 3.26. The smallest absolute Gasteiger partial charge is 0.254 e. The summed E-state index contributed by atoms with van der Waals surface area (Å²) in [5.74, 6) is 1.78. The topological polar surface area (TPSA) is 81.4 Å². The summed E-state index contributed by atoms with van der Waals surface area (Å²) in [4.78, 5) is 23.7. The van der Waals surface area contributed by atoms with Crippen molar-refractivity contribution in [1.82, 2.24) is 20.0 Å².